The SMILES string of the molecule is CC(=O)Oc1cc(C=O)ccc1OCC1CO1. The van der Waals surface area contributed by atoms with Crippen LogP contribution in [-0.2, 0) is 9.53 Å². The molecule has 0 spiro atoms. The van der Waals surface area contributed by atoms with Crippen molar-refractivity contribution in [3.63, 3.8) is 0 Å². The Morgan fingerprint density at radius 3 is 2.88 bits per heavy atom. The Balaban J connectivity index is 2.14. The molecule has 1 fully saturated rings. The Morgan fingerprint density at radius 1 is 1.53 bits per heavy atom. The van der Waals surface area contributed by atoms with Gasteiger partial charge in [0, 0.05) is 12.5 Å². The molecular weight excluding hydrogens is 224 g/mol. The van der Waals surface area contributed by atoms with Gasteiger partial charge in [0.2, 0.25) is 0 Å². The van der Waals surface area contributed by atoms with Crippen LogP contribution in [0, 0.1) is 0 Å². The first-order valence-electron chi connectivity index (χ1n) is 5.21. The molecule has 1 aliphatic rings. The highest BCUT2D eigenvalue weighted by Gasteiger charge is 2.23. The monoisotopic (exact) mass is 236 g/mol. The van der Waals surface area contributed by atoms with Crippen molar-refractivity contribution in [3.05, 3.63) is 23.8 Å². The van der Waals surface area contributed by atoms with Gasteiger partial charge in [-0.25, -0.2) is 0 Å². The van der Waals surface area contributed by atoms with Gasteiger partial charge in [0.05, 0.1) is 6.61 Å². The summed E-state index contributed by atoms with van der Waals surface area (Å²) in [6.45, 7) is 2.39. The number of benzene rings is 1. The van der Waals surface area contributed by atoms with Crippen LogP contribution in [-0.4, -0.2) is 31.6 Å². The highest BCUT2D eigenvalue weighted by atomic mass is 16.6. The van der Waals surface area contributed by atoms with Gasteiger partial charge >= 0.3 is 5.97 Å². The van der Waals surface area contributed by atoms with Crippen LogP contribution in [0.5, 0.6) is 11.5 Å². The second kappa shape index (κ2) is 4.97. The number of esters is 1. The third-order valence-electron chi connectivity index (χ3n) is 2.18. The molecule has 0 aromatic heterocycles. The van der Waals surface area contributed by atoms with Crippen molar-refractivity contribution in [3.8, 4) is 11.5 Å². The Hall–Kier alpha value is -1.88. The molecule has 0 radical (unpaired) electrons. The minimum absolute atomic E-state index is 0.117. The lowest BCUT2D eigenvalue weighted by molar-refractivity contribution is -0.132. The van der Waals surface area contributed by atoms with Crippen molar-refractivity contribution in [2.45, 2.75) is 13.0 Å². The van der Waals surface area contributed by atoms with E-state index in [1.807, 2.05) is 0 Å². The normalized spacial score (nSPS) is 17.4. The van der Waals surface area contributed by atoms with Gasteiger partial charge in [-0.1, -0.05) is 0 Å². The first kappa shape index (κ1) is 11.6. The maximum absolute atomic E-state index is 10.9. The van der Waals surface area contributed by atoms with Gasteiger partial charge in [0.15, 0.2) is 11.5 Å². The van der Waals surface area contributed by atoms with Gasteiger partial charge in [0.1, 0.15) is 19.0 Å². The molecule has 5 nitrogen and oxygen atoms in total. The zero-order chi connectivity index (χ0) is 12.3. The van der Waals surface area contributed by atoms with E-state index in [0.29, 0.717) is 30.8 Å². The summed E-state index contributed by atoms with van der Waals surface area (Å²) in [5.74, 6) is 0.227. The quantitative estimate of drug-likeness (QED) is 0.332. The zero-order valence-electron chi connectivity index (χ0n) is 9.34. The smallest absolute Gasteiger partial charge is 0.308 e. The number of carbonyl (C=O) groups excluding carboxylic acids is 2. The predicted molar refractivity (Wildman–Crippen MR) is 58.4 cm³/mol. The first-order chi connectivity index (χ1) is 8.19. The fourth-order valence-corrected chi connectivity index (χ4v) is 1.30. The highest BCUT2D eigenvalue weighted by Crippen LogP contribution is 2.29. The number of hydrogen-bond donors (Lipinski definition) is 0. The second-order valence-electron chi connectivity index (χ2n) is 3.68. The van der Waals surface area contributed by atoms with Crippen LogP contribution in [0.1, 0.15) is 17.3 Å². The van der Waals surface area contributed by atoms with E-state index in [-0.39, 0.29) is 11.9 Å². The van der Waals surface area contributed by atoms with Gasteiger partial charge in [-0.3, -0.25) is 9.59 Å². The van der Waals surface area contributed by atoms with Gasteiger partial charge in [-0.2, -0.15) is 0 Å². The van der Waals surface area contributed by atoms with E-state index in [1.165, 1.54) is 13.0 Å². The molecule has 0 amide bonds. The Morgan fingerprint density at radius 2 is 2.29 bits per heavy atom. The number of rotatable bonds is 5. The predicted octanol–water partition coefficient (Wildman–Crippen LogP) is 1.20. The fraction of sp³-hybridized carbons (Fsp3) is 0.333. The molecule has 1 atom stereocenters. The van der Waals surface area contributed by atoms with Crippen molar-refractivity contribution in [2.24, 2.45) is 0 Å². The summed E-state index contributed by atoms with van der Waals surface area (Å²) >= 11 is 0. The third-order valence-corrected chi connectivity index (χ3v) is 2.18. The minimum atomic E-state index is -0.458. The molecule has 0 saturated carbocycles. The highest BCUT2D eigenvalue weighted by molar-refractivity contribution is 5.78. The van der Waals surface area contributed by atoms with Crippen LogP contribution in [0.3, 0.4) is 0 Å². The Bertz CT molecular complexity index is 437. The van der Waals surface area contributed by atoms with E-state index in [0.717, 1.165) is 0 Å². The average Bonchev–Trinajstić information content (AvgIpc) is 3.10. The molecule has 1 unspecified atom stereocenters. The maximum atomic E-state index is 10.9. The lowest BCUT2D eigenvalue weighted by Gasteiger charge is -2.10. The molecular formula is C12H12O5. The van der Waals surface area contributed by atoms with Crippen molar-refractivity contribution in [1.82, 2.24) is 0 Å². The summed E-state index contributed by atoms with van der Waals surface area (Å²) in [5.41, 5.74) is 0.427. The molecule has 90 valence electrons. The molecule has 5 heteroatoms. The average molecular weight is 236 g/mol. The van der Waals surface area contributed by atoms with E-state index in [2.05, 4.69) is 0 Å². The molecule has 0 N–H and O–H groups in total. The number of ether oxygens (including phenoxy) is 3. The summed E-state index contributed by atoms with van der Waals surface area (Å²) in [6.07, 6.45) is 0.798. The van der Waals surface area contributed by atoms with Crippen molar-refractivity contribution >= 4 is 12.3 Å². The van der Waals surface area contributed by atoms with Gasteiger partial charge in [0.25, 0.3) is 0 Å². The van der Waals surface area contributed by atoms with Crippen LogP contribution in [0.25, 0.3) is 0 Å². The molecule has 1 saturated heterocycles. The van der Waals surface area contributed by atoms with Crippen LogP contribution in [0.4, 0.5) is 0 Å². The summed E-state index contributed by atoms with van der Waals surface area (Å²) in [6, 6.07) is 4.67. The van der Waals surface area contributed by atoms with Crippen LogP contribution < -0.4 is 9.47 Å². The van der Waals surface area contributed by atoms with E-state index in [1.54, 1.807) is 12.1 Å². The lowest BCUT2D eigenvalue weighted by atomic mass is 10.2. The molecule has 1 heterocycles. The Kier molecular flexibility index (Phi) is 3.39. The fourth-order valence-electron chi connectivity index (χ4n) is 1.30. The van der Waals surface area contributed by atoms with Crippen molar-refractivity contribution in [2.75, 3.05) is 13.2 Å². The minimum Gasteiger partial charge on any atom is -0.487 e. The van der Waals surface area contributed by atoms with E-state index in [9.17, 15) is 9.59 Å². The molecule has 0 aliphatic carbocycles. The van der Waals surface area contributed by atoms with E-state index in [4.69, 9.17) is 14.2 Å². The van der Waals surface area contributed by atoms with Crippen LogP contribution in [0.2, 0.25) is 0 Å². The molecule has 17 heavy (non-hydrogen) atoms. The van der Waals surface area contributed by atoms with Crippen LogP contribution in [0.15, 0.2) is 18.2 Å². The van der Waals surface area contributed by atoms with Crippen LogP contribution >= 0.6 is 0 Å². The first-order valence-corrected chi connectivity index (χ1v) is 5.21. The molecule has 2 rings (SSSR count). The standard InChI is InChI=1S/C12H12O5/c1-8(14)17-12-4-9(5-13)2-3-11(12)16-7-10-6-15-10/h2-5,10H,6-7H2,1H3. The van der Waals surface area contributed by atoms with E-state index < -0.39 is 5.97 Å². The zero-order valence-corrected chi connectivity index (χ0v) is 9.34. The van der Waals surface area contributed by atoms with Gasteiger partial charge in [-0.05, 0) is 18.2 Å². The van der Waals surface area contributed by atoms with Gasteiger partial charge < -0.3 is 14.2 Å². The maximum Gasteiger partial charge on any atom is 0.308 e. The van der Waals surface area contributed by atoms with Crippen molar-refractivity contribution in [1.29, 1.82) is 0 Å². The number of aldehydes is 1. The molecule has 1 aliphatic heterocycles. The lowest BCUT2D eigenvalue weighted by Crippen LogP contribution is -2.08. The second-order valence-corrected chi connectivity index (χ2v) is 3.68. The van der Waals surface area contributed by atoms with Crippen molar-refractivity contribution < 1.29 is 23.8 Å². The number of epoxide rings is 1. The Labute approximate surface area is 98.3 Å². The third kappa shape index (κ3) is 3.29. The molecule has 1 aromatic rings. The summed E-state index contributed by atoms with van der Waals surface area (Å²) in [4.78, 5) is 21.6. The number of hydrogen-bond acceptors (Lipinski definition) is 5. The number of carbonyl (C=O) groups is 2. The largest absolute Gasteiger partial charge is 0.487 e. The topological polar surface area (TPSA) is 65.1 Å². The molecule has 1 aromatic carbocycles. The van der Waals surface area contributed by atoms with Gasteiger partial charge in [-0.15, -0.1) is 0 Å². The summed E-state index contributed by atoms with van der Waals surface area (Å²) in [5, 5.41) is 0. The van der Waals surface area contributed by atoms with E-state index >= 15 is 0 Å². The molecule has 0 bridgehead atoms. The summed E-state index contributed by atoms with van der Waals surface area (Å²) < 4.78 is 15.4. The summed E-state index contributed by atoms with van der Waals surface area (Å²) in [7, 11) is 0.